The van der Waals surface area contributed by atoms with E-state index in [1.54, 1.807) is 0 Å². The highest BCUT2D eigenvalue weighted by Gasteiger charge is 2.19. The fraction of sp³-hybridized carbons (Fsp3) is 0.571. The van der Waals surface area contributed by atoms with Crippen LogP contribution >= 0.6 is 0 Å². The number of hydrogen-bond acceptors (Lipinski definition) is 4. The zero-order chi connectivity index (χ0) is 14.5. The average Bonchev–Trinajstić information content (AvgIpc) is 2.46. The normalized spacial score (nSPS) is 16.1. The van der Waals surface area contributed by atoms with Gasteiger partial charge in [0.25, 0.3) is 5.69 Å². The Morgan fingerprint density at radius 2 is 2.15 bits per heavy atom. The zero-order valence-electron chi connectivity index (χ0n) is 11.6. The molecule has 0 aromatic heterocycles. The van der Waals surface area contributed by atoms with Gasteiger partial charge in [0, 0.05) is 19.2 Å². The third-order valence-corrected chi connectivity index (χ3v) is 3.80. The molecule has 6 heteroatoms. The van der Waals surface area contributed by atoms with Crippen LogP contribution in [-0.4, -0.2) is 31.1 Å². The molecule has 1 saturated heterocycles. The smallest absolute Gasteiger partial charge is 0.272 e. The molecule has 0 unspecified atom stereocenters. The van der Waals surface area contributed by atoms with E-state index in [1.807, 2.05) is 11.8 Å². The highest BCUT2D eigenvalue weighted by molar-refractivity contribution is 5.52. The number of rotatable bonds is 5. The predicted octanol–water partition coefficient (Wildman–Crippen LogP) is 2.56. The summed E-state index contributed by atoms with van der Waals surface area (Å²) in [6, 6.07) is 3.88. The molecule has 1 aromatic carbocycles. The van der Waals surface area contributed by atoms with Crippen LogP contribution in [0, 0.1) is 21.8 Å². The minimum Gasteiger partial charge on any atom is -0.369 e. The van der Waals surface area contributed by atoms with Crippen molar-refractivity contribution < 1.29 is 9.31 Å². The molecule has 0 bridgehead atoms. The van der Waals surface area contributed by atoms with Crippen molar-refractivity contribution in [2.45, 2.75) is 19.8 Å². The van der Waals surface area contributed by atoms with Crippen LogP contribution in [0.15, 0.2) is 18.2 Å². The largest absolute Gasteiger partial charge is 0.369 e. The molecule has 1 heterocycles. The first-order valence-electron chi connectivity index (χ1n) is 7.01. The van der Waals surface area contributed by atoms with Gasteiger partial charge in [-0.05, 0) is 44.8 Å². The lowest BCUT2D eigenvalue weighted by Gasteiger charge is -2.31. The van der Waals surface area contributed by atoms with Crippen LogP contribution in [0.3, 0.4) is 0 Å². The number of nitro benzene ring substituents is 1. The summed E-state index contributed by atoms with van der Waals surface area (Å²) in [5.41, 5.74) is 0.251. The number of nitrogens with one attached hydrogen (secondary N) is 1. The van der Waals surface area contributed by atoms with E-state index in [9.17, 15) is 14.5 Å². The van der Waals surface area contributed by atoms with E-state index in [0.29, 0.717) is 18.2 Å². The van der Waals surface area contributed by atoms with Crippen LogP contribution in [0.5, 0.6) is 0 Å². The first-order valence-corrected chi connectivity index (χ1v) is 7.01. The number of nitrogens with zero attached hydrogens (tertiary/aromatic N) is 2. The van der Waals surface area contributed by atoms with Crippen LogP contribution in [-0.2, 0) is 0 Å². The molecular formula is C14H20FN3O2. The zero-order valence-corrected chi connectivity index (χ0v) is 11.6. The monoisotopic (exact) mass is 281 g/mol. The quantitative estimate of drug-likeness (QED) is 0.665. The maximum atomic E-state index is 14.0. The van der Waals surface area contributed by atoms with Crippen LogP contribution in [0.2, 0.25) is 0 Å². The van der Waals surface area contributed by atoms with Gasteiger partial charge in [0.1, 0.15) is 0 Å². The van der Waals surface area contributed by atoms with E-state index < -0.39 is 10.7 Å². The molecule has 0 spiro atoms. The number of benzene rings is 1. The molecule has 5 nitrogen and oxygen atoms in total. The Bertz CT molecular complexity index is 475. The third-order valence-electron chi connectivity index (χ3n) is 3.80. The Morgan fingerprint density at radius 1 is 1.45 bits per heavy atom. The highest BCUT2D eigenvalue weighted by atomic mass is 19.1. The van der Waals surface area contributed by atoms with Crippen molar-refractivity contribution in [3.05, 3.63) is 34.1 Å². The number of anilines is 1. The van der Waals surface area contributed by atoms with Gasteiger partial charge >= 0.3 is 0 Å². The number of hydrogen-bond donors (Lipinski definition) is 1. The Kier molecular flexibility index (Phi) is 4.89. The summed E-state index contributed by atoms with van der Waals surface area (Å²) >= 11 is 0. The predicted molar refractivity (Wildman–Crippen MR) is 76.5 cm³/mol. The summed E-state index contributed by atoms with van der Waals surface area (Å²) in [4.78, 5) is 12.0. The van der Waals surface area contributed by atoms with Gasteiger partial charge in [-0.1, -0.05) is 0 Å². The molecule has 20 heavy (non-hydrogen) atoms. The Morgan fingerprint density at radius 3 is 2.70 bits per heavy atom. The second-order valence-electron chi connectivity index (χ2n) is 5.12. The second kappa shape index (κ2) is 6.65. The number of halogens is 1. The van der Waals surface area contributed by atoms with Gasteiger partial charge in [-0.2, -0.15) is 0 Å². The molecule has 2 rings (SSSR count). The molecular weight excluding hydrogens is 261 g/mol. The van der Waals surface area contributed by atoms with E-state index in [-0.39, 0.29) is 5.69 Å². The average molecular weight is 281 g/mol. The minimum atomic E-state index is -0.573. The Hall–Kier alpha value is -1.69. The van der Waals surface area contributed by atoms with Crippen molar-refractivity contribution in [3.8, 4) is 0 Å². The fourth-order valence-corrected chi connectivity index (χ4v) is 2.64. The lowest BCUT2D eigenvalue weighted by molar-refractivity contribution is -0.385. The van der Waals surface area contributed by atoms with Crippen molar-refractivity contribution in [1.29, 1.82) is 0 Å². The maximum absolute atomic E-state index is 14.0. The molecule has 1 aromatic rings. The summed E-state index contributed by atoms with van der Waals surface area (Å²) in [5.74, 6) is 0.0285. The van der Waals surface area contributed by atoms with Crippen LogP contribution in [0.25, 0.3) is 0 Å². The SMILES string of the molecule is CCN(CC1CCNCC1)c1ccc([N+](=O)[O-])cc1F. The summed E-state index contributed by atoms with van der Waals surface area (Å²) < 4.78 is 14.0. The van der Waals surface area contributed by atoms with E-state index in [1.165, 1.54) is 12.1 Å². The van der Waals surface area contributed by atoms with E-state index in [2.05, 4.69) is 5.32 Å². The van der Waals surface area contributed by atoms with Crippen LogP contribution < -0.4 is 10.2 Å². The Labute approximate surface area is 117 Å². The summed E-state index contributed by atoms with van der Waals surface area (Å²) in [6.45, 7) is 5.48. The molecule has 110 valence electrons. The summed E-state index contributed by atoms with van der Waals surface area (Å²) in [6.07, 6.45) is 2.18. The van der Waals surface area contributed by atoms with Gasteiger partial charge < -0.3 is 10.2 Å². The second-order valence-corrected chi connectivity index (χ2v) is 5.12. The van der Waals surface area contributed by atoms with Gasteiger partial charge in [0.2, 0.25) is 0 Å². The first-order chi connectivity index (χ1) is 9.61. The van der Waals surface area contributed by atoms with Gasteiger partial charge in [-0.15, -0.1) is 0 Å². The lowest BCUT2D eigenvalue weighted by atomic mass is 9.97. The summed E-state index contributed by atoms with van der Waals surface area (Å²) in [5, 5.41) is 13.9. The number of piperidine rings is 1. The van der Waals surface area contributed by atoms with Gasteiger partial charge in [-0.25, -0.2) is 4.39 Å². The summed E-state index contributed by atoms with van der Waals surface area (Å²) in [7, 11) is 0. The molecule has 1 aliphatic heterocycles. The fourth-order valence-electron chi connectivity index (χ4n) is 2.64. The highest BCUT2D eigenvalue weighted by Crippen LogP contribution is 2.26. The van der Waals surface area contributed by atoms with Gasteiger partial charge in [0.05, 0.1) is 16.7 Å². The molecule has 0 saturated carbocycles. The standard InChI is InChI=1S/C14H20FN3O2/c1-2-17(10-11-5-7-16-8-6-11)14-4-3-12(18(19)20)9-13(14)15/h3-4,9,11,16H,2,5-8,10H2,1H3. The maximum Gasteiger partial charge on any atom is 0.272 e. The molecule has 1 fully saturated rings. The van der Waals surface area contributed by atoms with E-state index >= 15 is 0 Å². The van der Waals surface area contributed by atoms with Crippen molar-refractivity contribution in [2.75, 3.05) is 31.1 Å². The minimum absolute atomic E-state index is 0.204. The van der Waals surface area contributed by atoms with Gasteiger partial charge in [-0.3, -0.25) is 10.1 Å². The lowest BCUT2D eigenvalue weighted by Crippen LogP contribution is -2.36. The van der Waals surface area contributed by atoms with Crippen LogP contribution in [0.4, 0.5) is 15.8 Å². The van der Waals surface area contributed by atoms with E-state index in [4.69, 9.17) is 0 Å². The molecule has 0 aliphatic carbocycles. The van der Waals surface area contributed by atoms with Crippen molar-refractivity contribution in [3.63, 3.8) is 0 Å². The molecule has 1 N–H and O–H groups in total. The van der Waals surface area contributed by atoms with Crippen molar-refractivity contribution in [2.24, 2.45) is 5.92 Å². The van der Waals surface area contributed by atoms with Crippen molar-refractivity contribution >= 4 is 11.4 Å². The number of nitro groups is 1. The molecule has 0 atom stereocenters. The number of non-ortho nitro benzene ring substituents is 1. The first kappa shape index (κ1) is 14.7. The van der Waals surface area contributed by atoms with Gasteiger partial charge in [0.15, 0.2) is 5.82 Å². The van der Waals surface area contributed by atoms with Crippen molar-refractivity contribution in [1.82, 2.24) is 5.32 Å². The molecule has 0 radical (unpaired) electrons. The molecule has 0 amide bonds. The third kappa shape index (κ3) is 3.45. The van der Waals surface area contributed by atoms with E-state index in [0.717, 1.165) is 38.5 Å². The topological polar surface area (TPSA) is 58.4 Å². The van der Waals surface area contributed by atoms with Crippen LogP contribution in [0.1, 0.15) is 19.8 Å². The molecule has 1 aliphatic rings. The Balaban J connectivity index is 2.12.